The Morgan fingerprint density at radius 2 is 1.60 bits per heavy atom. The second-order valence-electron chi connectivity index (χ2n) is 7.48. The van der Waals surface area contributed by atoms with Crippen LogP contribution < -0.4 is 25.1 Å². The number of ether oxygens (including phenoxy) is 3. The molecule has 0 aliphatic carbocycles. The highest BCUT2D eigenvalue weighted by atomic mass is 19.1. The molecule has 0 bridgehead atoms. The van der Waals surface area contributed by atoms with E-state index in [2.05, 4.69) is 5.32 Å². The normalized spacial score (nSPS) is 10.8. The average Bonchev–Trinajstić information content (AvgIpc) is 2.86. The number of hydrogen-bond donors (Lipinski definition) is 1. The van der Waals surface area contributed by atoms with E-state index in [0.29, 0.717) is 35.6 Å². The third kappa shape index (κ3) is 4.65. The molecule has 1 amide bonds. The minimum Gasteiger partial charge on any atom is -0.494 e. The van der Waals surface area contributed by atoms with Crippen LogP contribution in [0.15, 0.2) is 65.6 Å². The first-order chi connectivity index (χ1) is 16.9. The Balaban J connectivity index is 1.92. The lowest BCUT2D eigenvalue weighted by molar-refractivity contribution is 0.102. The molecule has 0 spiro atoms. The Morgan fingerprint density at radius 1 is 0.943 bits per heavy atom. The molecule has 0 fully saturated rings. The number of rotatable bonds is 7. The lowest BCUT2D eigenvalue weighted by Crippen LogP contribution is -2.23. The van der Waals surface area contributed by atoms with Crippen molar-refractivity contribution in [1.82, 2.24) is 4.57 Å². The van der Waals surface area contributed by atoms with Crippen LogP contribution in [0, 0.1) is 11.6 Å². The van der Waals surface area contributed by atoms with Gasteiger partial charge in [0.1, 0.15) is 17.4 Å². The van der Waals surface area contributed by atoms with E-state index in [0.717, 1.165) is 12.1 Å². The van der Waals surface area contributed by atoms with Crippen molar-refractivity contribution >= 4 is 22.4 Å². The summed E-state index contributed by atoms with van der Waals surface area (Å²) < 4.78 is 45.0. The second kappa shape index (κ2) is 9.84. The first-order valence-electron chi connectivity index (χ1n) is 10.7. The summed E-state index contributed by atoms with van der Waals surface area (Å²) in [5, 5.41) is 2.90. The van der Waals surface area contributed by atoms with Crippen molar-refractivity contribution in [2.24, 2.45) is 0 Å². The van der Waals surface area contributed by atoms with Crippen molar-refractivity contribution in [2.75, 3.05) is 26.1 Å². The molecule has 9 heteroatoms. The summed E-state index contributed by atoms with van der Waals surface area (Å²) in [6.07, 6.45) is 1.36. The number of carbonyl (C=O) groups excluding carboxylic acids is 1. The number of pyridine rings is 1. The summed E-state index contributed by atoms with van der Waals surface area (Å²) >= 11 is 0. The molecule has 0 aliphatic heterocycles. The quantitative estimate of drug-likeness (QED) is 0.406. The Bertz CT molecular complexity index is 1470. The Hall–Kier alpha value is -4.40. The van der Waals surface area contributed by atoms with Gasteiger partial charge in [-0.05, 0) is 55.5 Å². The number of fused-ring (bicyclic) bond motifs is 1. The first kappa shape index (κ1) is 23.7. The van der Waals surface area contributed by atoms with Gasteiger partial charge in [0, 0.05) is 23.3 Å². The molecule has 4 rings (SSSR count). The Morgan fingerprint density at radius 3 is 2.20 bits per heavy atom. The van der Waals surface area contributed by atoms with Gasteiger partial charge in [0.25, 0.3) is 11.5 Å². The number of amides is 1. The minimum absolute atomic E-state index is 0.0677. The van der Waals surface area contributed by atoms with E-state index in [9.17, 15) is 18.4 Å². The van der Waals surface area contributed by atoms with Crippen molar-refractivity contribution in [1.29, 1.82) is 0 Å². The summed E-state index contributed by atoms with van der Waals surface area (Å²) in [5.74, 6) is -1.17. The summed E-state index contributed by atoms with van der Waals surface area (Å²) in [7, 11) is 2.86. The molecule has 0 unspecified atom stereocenters. The lowest BCUT2D eigenvalue weighted by Gasteiger charge is -2.16. The highest BCUT2D eigenvalue weighted by Crippen LogP contribution is 2.33. The minimum atomic E-state index is -0.929. The van der Waals surface area contributed by atoms with Crippen LogP contribution in [0.2, 0.25) is 0 Å². The monoisotopic (exact) mass is 480 g/mol. The van der Waals surface area contributed by atoms with Crippen molar-refractivity contribution in [3.05, 3.63) is 88.3 Å². The zero-order valence-corrected chi connectivity index (χ0v) is 19.2. The highest BCUT2D eigenvalue weighted by molar-refractivity contribution is 6.13. The van der Waals surface area contributed by atoms with E-state index in [-0.39, 0.29) is 22.0 Å². The number of nitrogens with one attached hydrogen (secondary N) is 1. The third-order valence-corrected chi connectivity index (χ3v) is 5.37. The molecule has 35 heavy (non-hydrogen) atoms. The van der Waals surface area contributed by atoms with Crippen LogP contribution in [-0.4, -0.2) is 31.3 Å². The Kier molecular flexibility index (Phi) is 6.68. The van der Waals surface area contributed by atoms with Gasteiger partial charge in [-0.3, -0.25) is 14.2 Å². The van der Waals surface area contributed by atoms with Gasteiger partial charge in [0.05, 0.1) is 37.5 Å². The summed E-state index contributed by atoms with van der Waals surface area (Å²) in [5.41, 5.74) is -0.0613. The zero-order chi connectivity index (χ0) is 25.1. The van der Waals surface area contributed by atoms with E-state index in [1.807, 2.05) is 6.92 Å². The van der Waals surface area contributed by atoms with Gasteiger partial charge in [-0.2, -0.15) is 0 Å². The largest absolute Gasteiger partial charge is 0.494 e. The van der Waals surface area contributed by atoms with E-state index < -0.39 is 23.1 Å². The summed E-state index contributed by atoms with van der Waals surface area (Å²) in [6.45, 7) is 2.35. The van der Waals surface area contributed by atoms with Crippen LogP contribution in [0.25, 0.3) is 16.5 Å². The van der Waals surface area contributed by atoms with Gasteiger partial charge in [-0.1, -0.05) is 0 Å². The number of carbonyl (C=O) groups is 1. The smallest absolute Gasteiger partial charge is 0.263 e. The molecule has 3 aromatic carbocycles. The van der Waals surface area contributed by atoms with Crippen LogP contribution in [0.5, 0.6) is 17.2 Å². The topological polar surface area (TPSA) is 78.8 Å². The first-order valence-corrected chi connectivity index (χ1v) is 10.7. The number of benzene rings is 3. The summed E-state index contributed by atoms with van der Waals surface area (Å²) in [4.78, 5) is 26.7. The van der Waals surface area contributed by atoms with Gasteiger partial charge < -0.3 is 19.5 Å². The molecule has 1 aromatic heterocycles. The van der Waals surface area contributed by atoms with E-state index >= 15 is 0 Å². The molecule has 4 aromatic rings. The average molecular weight is 480 g/mol. The number of aromatic nitrogens is 1. The second-order valence-corrected chi connectivity index (χ2v) is 7.48. The Labute approximate surface area is 199 Å². The van der Waals surface area contributed by atoms with Gasteiger partial charge in [0.2, 0.25) is 0 Å². The van der Waals surface area contributed by atoms with Crippen LogP contribution in [0.3, 0.4) is 0 Å². The molecule has 0 saturated carbocycles. The maximum absolute atomic E-state index is 14.2. The predicted octanol–water partition coefficient (Wildman–Crippen LogP) is 4.94. The van der Waals surface area contributed by atoms with Crippen LogP contribution in [0.1, 0.15) is 17.3 Å². The van der Waals surface area contributed by atoms with Gasteiger partial charge in [-0.25, -0.2) is 8.78 Å². The summed E-state index contributed by atoms with van der Waals surface area (Å²) in [6, 6.07) is 12.6. The van der Waals surface area contributed by atoms with Crippen molar-refractivity contribution in [3.8, 4) is 22.9 Å². The van der Waals surface area contributed by atoms with Gasteiger partial charge in [-0.15, -0.1) is 0 Å². The molecule has 0 atom stereocenters. The highest BCUT2D eigenvalue weighted by Gasteiger charge is 2.20. The van der Waals surface area contributed by atoms with E-state index in [1.165, 1.54) is 37.1 Å². The molecule has 180 valence electrons. The van der Waals surface area contributed by atoms with E-state index in [1.54, 1.807) is 24.3 Å². The van der Waals surface area contributed by atoms with Gasteiger partial charge >= 0.3 is 0 Å². The fourth-order valence-corrected chi connectivity index (χ4v) is 3.69. The lowest BCUT2D eigenvalue weighted by atomic mass is 10.0. The molecule has 1 heterocycles. The number of methoxy groups -OCH3 is 2. The van der Waals surface area contributed by atoms with E-state index in [4.69, 9.17) is 14.2 Å². The fourth-order valence-electron chi connectivity index (χ4n) is 3.69. The third-order valence-electron chi connectivity index (χ3n) is 5.37. The number of anilines is 1. The van der Waals surface area contributed by atoms with Crippen molar-refractivity contribution in [3.63, 3.8) is 0 Å². The predicted molar refractivity (Wildman–Crippen MR) is 128 cm³/mol. The number of hydrogen-bond acceptors (Lipinski definition) is 5. The zero-order valence-electron chi connectivity index (χ0n) is 19.2. The van der Waals surface area contributed by atoms with Crippen LogP contribution in [-0.2, 0) is 0 Å². The standard InChI is InChI=1S/C26H22F2N2O5/c1-4-35-17-8-6-16(7-9-17)30-14-20(25(31)29-22-10-5-15(27)11-21(22)28)18-12-23(33-2)24(34-3)13-19(18)26(30)32/h5-14H,4H2,1-3H3,(H,29,31). The SMILES string of the molecule is CCOc1ccc(-n2cc(C(=O)Nc3ccc(F)cc3F)c3cc(OC)c(OC)cc3c2=O)cc1. The van der Waals surface area contributed by atoms with Crippen molar-refractivity contribution in [2.45, 2.75) is 6.92 Å². The molecule has 0 aliphatic rings. The molecular weight excluding hydrogens is 458 g/mol. The maximum atomic E-state index is 14.2. The number of halogens is 2. The number of nitrogens with zero attached hydrogens (tertiary/aromatic N) is 1. The maximum Gasteiger partial charge on any atom is 0.263 e. The molecular formula is C26H22F2N2O5. The van der Waals surface area contributed by atoms with Crippen LogP contribution >= 0.6 is 0 Å². The fraction of sp³-hybridized carbons (Fsp3) is 0.154. The molecule has 7 nitrogen and oxygen atoms in total. The van der Waals surface area contributed by atoms with Crippen LogP contribution in [0.4, 0.5) is 14.5 Å². The molecule has 0 radical (unpaired) electrons. The van der Waals surface area contributed by atoms with Crippen molar-refractivity contribution < 1.29 is 27.8 Å². The molecule has 0 saturated heterocycles. The van der Waals surface area contributed by atoms with Gasteiger partial charge in [0.15, 0.2) is 11.5 Å². The molecule has 1 N–H and O–H groups in total.